The molecule has 1 heterocycles. The van der Waals surface area contributed by atoms with Crippen molar-refractivity contribution in [3.8, 4) is 0 Å². The number of carbonyl (C=O) groups is 4. The zero-order valence-corrected chi connectivity index (χ0v) is 18.5. The minimum absolute atomic E-state index is 0.307. The first kappa shape index (κ1) is 22.3. The van der Waals surface area contributed by atoms with E-state index < -0.39 is 29.5 Å². The number of anilines is 1. The van der Waals surface area contributed by atoms with Gasteiger partial charge in [0.15, 0.2) is 0 Å². The van der Waals surface area contributed by atoms with Crippen LogP contribution in [-0.2, 0) is 16.0 Å². The molecule has 5 amide bonds. The summed E-state index contributed by atoms with van der Waals surface area (Å²) in [5, 5.41) is 5.86. The molecule has 1 fully saturated rings. The molecule has 3 rings (SSSR count). The number of hydrogen-bond acceptors (Lipinski definition) is 5. The van der Waals surface area contributed by atoms with E-state index in [1.54, 1.807) is 55.5 Å². The quantitative estimate of drug-likeness (QED) is 0.426. The molecule has 1 unspecified atom stereocenters. The van der Waals surface area contributed by atoms with E-state index in [-0.39, 0.29) is 0 Å². The summed E-state index contributed by atoms with van der Waals surface area (Å²) >= 11 is 3.30. The van der Waals surface area contributed by atoms with Crippen molar-refractivity contribution in [1.82, 2.24) is 15.8 Å². The Morgan fingerprint density at radius 1 is 1.10 bits per heavy atom. The average molecular weight is 489 g/mol. The summed E-state index contributed by atoms with van der Waals surface area (Å²) in [5.74, 6) is -0.991. The molecule has 0 bridgehead atoms. The number of urea groups is 2. The van der Waals surface area contributed by atoms with Crippen LogP contribution in [0.5, 0.6) is 0 Å². The zero-order chi connectivity index (χ0) is 22.6. The second-order valence-corrected chi connectivity index (χ2v) is 8.08. The van der Waals surface area contributed by atoms with Crippen molar-refractivity contribution < 1.29 is 23.9 Å². The molecular weight excluding hydrogens is 468 g/mol. The molecule has 0 spiro atoms. The van der Waals surface area contributed by atoms with Crippen LogP contribution in [0.1, 0.15) is 29.3 Å². The fourth-order valence-electron chi connectivity index (χ4n) is 3.07. The Labute approximate surface area is 187 Å². The van der Waals surface area contributed by atoms with E-state index in [1.807, 2.05) is 0 Å². The molecule has 0 aliphatic carbocycles. The van der Waals surface area contributed by atoms with Gasteiger partial charge in [-0.2, -0.15) is 5.01 Å². The van der Waals surface area contributed by atoms with Crippen LogP contribution in [0.2, 0.25) is 0 Å². The second-order valence-electron chi connectivity index (χ2n) is 7.16. The summed E-state index contributed by atoms with van der Waals surface area (Å²) in [6, 6.07) is 12.2. The number of nitrogens with one attached hydrogen (secondary N) is 3. The summed E-state index contributed by atoms with van der Waals surface area (Å²) in [4.78, 5) is 48.8. The van der Waals surface area contributed by atoms with Gasteiger partial charge in [-0.05, 0) is 61.7 Å². The predicted octanol–water partition coefficient (Wildman–Crippen LogP) is 3.22. The van der Waals surface area contributed by atoms with Crippen molar-refractivity contribution in [1.29, 1.82) is 0 Å². The standard InChI is InChI=1S/C21H21BrN4O5/c1-21(12-11-13-3-5-14(6-4-13)17(27)31-2)18(28)26(20(30)24-21)25-19(29)23-16-9-7-15(22)8-10-16/h3-10H,11-12H2,1-2H3,(H,24,30)(H2,23,25,29). The van der Waals surface area contributed by atoms with E-state index in [0.717, 1.165) is 10.0 Å². The number of aryl methyl sites for hydroxylation is 1. The van der Waals surface area contributed by atoms with Gasteiger partial charge in [-0.25, -0.2) is 19.8 Å². The van der Waals surface area contributed by atoms with Gasteiger partial charge in [0.1, 0.15) is 5.54 Å². The third-order valence-electron chi connectivity index (χ3n) is 4.87. The maximum atomic E-state index is 12.8. The Morgan fingerprint density at radius 3 is 2.35 bits per heavy atom. The van der Waals surface area contributed by atoms with Crippen LogP contribution in [0.15, 0.2) is 53.0 Å². The lowest BCUT2D eigenvalue weighted by molar-refractivity contribution is -0.132. The molecule has 1 saturated heterocycles. The van der Waals surface area contributed by atoms with Crippen LogP contribution < -0.4 is 16.1 Å². The molecule has 1 atom stereocenters. The largest absolute Gasteiger partial charge is 0.465 e. The highest BCUT2D eigenvalue weighted by molar-refractivity contribution is 9.10. The highest BCUT2D eigenvalue weighted by Gasteiger charge is 2.48. The van der Waals surface area contributed by atoms with Gasteiger partial charge in [-0.15, -0.1) is 0 Å². The number of hydrogen-bond donors (Lipinski definition) is 3. The summed E-state index contributed by atoms with van der Waals surface area (Å²) in [5.41, 5.74) is 2.92. The number of esters is 1. The van der Waals surface area contributed by atoms with E-state index in [4.69, 9.17) is 0 Å². The molecule has 2 aromatic rings. The Morgan fingerprint density at radius 2 is 1.74 bits per heavy atom. The van der Waals surface area contributed by atoms with Crippen molar-refractivity contribution in [2.24, 2.45) is 0 Å². The monoisotopic (exact) mass is 488 g/mol. The molecular formula is C21H21BrN4O5. The number of halogens is 1. The number of benzene rings is 2. The number of methoxy groups -OCH3 is 1. The minimum Gasteiger partial charge on any atom is -0.465 e. The molecule has 10 heteroatoms. The summed E-state index contributed by atoms with van der Waals surface area (Å²) in [6.45, 7) is 1.60. The first-order chi connectivity index (χ1) is 14.7. The van der Waals surface area contributed by atoms with Gasteiger partial charge in [0.2, 0.25) is 0 Å². The van der Waals surface area contributed by atoms with E-state index in [1.165, 1.54) is 7.11 Å². The number of amides is 5. The van der Waals surface area contributed by atoms with Gasteiger partial charge in [-0.1, -0.05) is 28.1 Å². The zero-order valence-electron chi connectivity index (χ0n) is 16.9. The van der Waals surface area contributed by atoms with Crippen molar-refractivity contribution in [3.05, 3.63) is 64.1 Å². The summed E-state index contributed by atoms with van der Waals surface area (Å²) < 4.78 is 5.52. The molecule has 3 N–H and O–H groups in total. The van der Waals surface area contributed by atoms with E-state index in [2.05, 4.69) is 36.7 Å². The second kappa shape index (κ2) is 9.17. The van der Waals surface area contributed by atoms with Gasteiger partial charge in [0.25, 0.3) is 5.91 Å². The van der Waals surface area contributed by atoms with Crippen LogP contribution in [0, 0.1) is 0 Å². The number of ether oxygens (including phenoxy) is 1. The molecule has 9 nitrogen and oxygen atoms in total. The van der Waals surface area contributed by atoms with E-state index >= 15 is 0 Å². The van der Waals surface area contributed by atoms with Gasteiger partial charge < -0.3 is 15.4 Å². The minimum atomic E-state index is -1.18. The van der Waals surface area contributed by atoms with Gasteiger partial charge in [0, 0.05) is 10.2 Å². The molecule has 2 aromatic carbocycles. The molecule has 0 aromatic heterocycles. The smallest absolute Gasteiger partial charge is 0.344 e. The first-order valence-electron chi connectivity index (χ1n) is 9.39. The van der Waals surface area contributed by atoms with Crippen LogP contribution in [0.3, 0.4) is 0 Å². The number of carbonyl (C=O) groups excluding carboxylic acids is 4. The van der Waals surface area contributed by atoms with E-state index in [9.17, 15) is 19.2 Å². The molecule has 0 radical (unpaired) electrons. The van der Waals surface area contributed by atoms with Crippen LogP contribution in [0.4, 0.5) is 15.3 Å². The van der Waals surface area contributed by atoms with E-state index in [0.29, 0.717) is 29.1 Å². The Bertz CT molecular complexity index is 1010. The topological polar surface area (TPSA) is 117 Å². The Kier molecular flexibility index (Phi) is 6.59. The van der Waals surface area contributed by atoms with Crippen molar-refractivity contribution in [2.75, 3.05) is 12.4 Å². The summed E-state index contributed by atoms with van der Waals surface area (Å²) in [7, 11) is 1.31. The maximum Gasteiger partial charge on any atom is 0.344 e. The van der Waals surface area contributed by atoms with Gasteiger partial charge in [0.05, 0.1) is 12.7 Å². The lowest BCUT2D eigenvalue weighted by Gasteiger charge is -2.21. The van der Waals surface area contributed by atoms with Crippen LogP contribution >= 0.6 is 15.9 Å². The third kappa shape index (κ3) is 5.21. The fraction of sp³-hybridized carbons (Fsp3) is 0.238. The summed E-state index contributed by atoms with van der Waals surface area (Å²) in [6.07, 6.45) is 0.782. The first-order valence-corrected chi connectivity index (χ1v) is 10.2. The van der Waals surface area contributed by atoms with Crippen LogP contribution in [0.25, 0.3) is 0 Å². The number of hydrazine groups is 1. The Hall–Kier alpha value is -3.40. The Balaban J connectivity index is 1.59. The number of rotatable bonds is 6. The molecule has 1 aliphatic heterocycles. The maximum absolute atomic E-state index is 12.8. The highest BCUT2D eigenvalue weighted by Crippen LogP contribution is 2.23. The van der Waals surface area contributed by atoms with Crippen LogP contribution in [-0.4, -0.2) is 41.6 Å². The molecule has 0 saturated carbocycles. The van der Waals surface area contributed by atoms with Crippen molar-refractivity contribution in [3.63, 3.8) is 0 Å². The van der Waals surface area contributed by atoms with Crippen molar-refractivity contribution in [2.45, 2.75) is 25.3 Å². The predicted molar refractivity (Wildman–Crippen MR) is 116 cm³/mol. The molecule has 162 valence electrons. The SMILES string of the molecule is COC(=O)c1ccc(CCC2(C)NC(=O)N(NC(=O)Nc3ccc(Br)cc3)C2=O)cc1. The number of imide groups is 1. The number of nitrogens with zero attached hydrogens (tertiary/aromatic N) is 1. The lowest BCUT2D eigenvalue weighted by atomic mass is 9.93. The van der Waals surface area contributed by atoms with Crippen molar-refractivity contribution >= 4 is 45.6 Å². The molecule has 1 aliphatic rings. The normalized spacial score (nSPS) is 17.8. The highest BCUT2D eigenvalue weighted by atomic mass is 79.9. The fourth-order valence-corrected chi connectivity index (χ4v) is 3.33. The van der Waals surface area contributed by atoms with Gasteiger partial charge >= 0.3 is 18.0 Å². The molecule has 31 heavy (non-hydrogen) atoms. The lowest BCUT2D eigenvalue weighted by Crippen LogP contribution is -2.50. The van der Waals surface area contributed by atoms with Gasteiger partial charge in [-0.3, -0.25) is 4.79 Å². The average Bonchev–Trinajstić information content (AvgIpc) is 2.97. The third-order valence-corrected chi connectivity index (χ3v) is 5.39.